The van der Waals surface area contributed by atoms with Gasteiger partial charge in [0.2, 0.25) is 5.91 Å². The van der Waals surface area contributed by atoms with Crippen molar-refractivity contribution in [3.05, 3.63) is 38.5 Å². The number of hydrogen-bond acceptors (Lipinski definition) is 6. The summed E-state index contributed by atoms with van der Waals surface area (Å²) in [5.41, 5.74) is 0.680. The van der Waals surface area contributed by atoms with E-state index >= 15 is 0 Å². The van der Waals surface area contributed by atoms with Crippen molar-refractivity contribution in [1.29, 1.82) is 0 Å². The zero-order valence-corrected chi connectivity index (χ0v) is 19.7. The highest BCUT2D eigenvalue weighted by atomic mass is 35.5. The molecule has 0 saturated heterocycles. The first-order valence-corrected chi connectivity index (χ1v) is 11.8. The lowest BCUT2D eigenvalue weighted by Crippen LogP contribution is -2.39. The minimum Gasteiger partial charge on any atom is -0.494 e. The molecule has 0 bridgehead atoms. The summed E-state index contributed by atoms with van der Waals surface area (Å²) < 4.78 is 6.93. The van der Waals surface area contributed by atoms with Gasteiger partial charge in [0.1, 0.15) is 11.3 Å². The van der Waals surface area contributed by atoms with E-state index in [1.165, 1.54) is 22.7 Å². The zero-order valence-electron chi connectivity index (χ0n) is 16.6. The number of carbonyl (C=O) groups is 1. The number of carbonyl (C=O) groups excluding carboxylic acids is 1. The number of nitrogens with zero attached hydrogens (tertiary/aromatic N) is 3. The second-order valence-corrected chi connectivity index (χ2v) is 9.56. The van der Waals surface area contributed by atoms with E-state index in [4.69, 9.17) is 32.9 Å². The number of hydrogen-bond donors (Lipinski definition) is 0. The minimum atomic E-state index is -0.00943. The molecular weight excluding hydrogens is 449 g/mol. The molecule has 156 valence electrons. The van der Waals surface area contributed by atoms with Crippen molar-refractivity contribution in [1.82, 2.24) is 9.88 Å². The molecule has 9 heteroatoms. The van der Waals surface area contributed by atoms with Gasteiger partial charge in [0.05, 0.1) is 27.6 Å². The molecular formula is C20H23Cl2N3O2S2. The summed E-state index contributed by atoms with van der Waals surface area (Å²) in [6.45, 7) is 7.42. The fraction of sp³-hybridized carbons (Fsp3) is 0.400. The summed E-state index contributed by atoms with van der Waals surface area (Å²) >= 11 is 15.3. The van der Waals surface area contributed by atoms with Gasteiger partial charge in [-0.1, -0.05) is 48.4 Å². The number of fused-ring (bicyclic) bond motifs is 1. The lowest BCUT2D eigenvalue weighted by Gasteiger charge is -2.24. The third-order valence-electron chi connectivity index (χ3n) is 4.69. The molecule has 0 radical (unpaired) electrons. The SMILES string of the molecule is CCN(CC)CCN(C(=O)Cc1ccc(Cl)s1)c1nc2c(OC)ccc(Cl)c2s1. The smallest absolute Gasteiger partial charge is 0.234 e. The van der Waals surface area contributed by atoms with Crippen LogP contribution in [-0.4, -0.2) is 49.1 Å². The van der Waals surface area contributed by atoms with E-state index in [0.29, 0.717) is 32.3 Å². The van der Waals surface area contributed by atoms with Gasteiger partial charge in [-0.2, -0.15) is 0 Å². The van der Waals surface area contributed by atoms with Crippen LogP contribution in [-0.2, 0) is 11.2 Å². The number of thiazole rings is 1. The van der Waals surface area contributed by atoms with Crippen molar-refractivity contribution in [2.45, 2.75) is 20.3 Å². The standard InChI is InChI=1S/C20H23Cl2N3O2S2/c1-4-24(5-2)10-11-25(17(26)12-13-6-9-16(22)28-13)20-23-18-15(27-3)8-7-14(21)19(18)29-20/h6-9H,4-5,10-12H2,1-3H3. The van der Waals surface area contributed by atoms with Gasteiger partial charge in [-0.15, -0.1) is 11.3 Å². The Kier molecular flexibility index (Phi) is 7.76. The van der Waals surface area contributed by atoms with Gasteiger partial charge < -0.3 is 9.64 Å². The summed E-state index contributed by atoms with van der Waals surface area (Å²) in [5.74, 6) is 0.637. The van der Waals surface area contributed by atoms with Crippen LogP contribution in [0.2, 0.25) is 9.36 Å². The summed E-state index contributed by atoms with van der Waals surface area (Å²) in [4.78, 5) is 22.9. The second-order valence-electron chi connectivity index (χ2n) is 6.38. The van der Waals surface area contributed by atoms with Gasteiger partial charge in [-0.25, -0.2) is 4.98 Å². The van der Waals surface area contributed by atoms with E-state index in [9.17, 15) is 4.79 Å². The Hall–Kier alpha value is -1.38. The molecule has 29 heavy (non-hydrogen) atoms. The molecule has 1 amide bonds. The van der Waals surface area contributed by atoms with Gasteiger partial charge in [-0.3, -0.25) is 9.69 Å². The van der Waals surface area contributed by atoms with Crippen molar-refractivity contribution >= 4 is 67.1 Å². The Morgan fingerprint density at radius 2 is 1.86 bits per heavy atom. The third-order valence-corrected chi connectivity index (χ3v) is 7.46. The Bertz CT molecular complexity index is 985. The predicted molar refractivity (Wildman–Crippen MR) is 124 cm³/mol. The number of methoxy groups -OCH3 is 1. The summed E-state index contributed by atoms with van der Waals surface area (Å²) in [6.07, 6.45) is 0.288. The maximum absolute atomic E-state index is 13.2. The Balaban J connectivity index is 1.94. The molecule has 3 aromatic rings. The van der Waals surface area contributed by atoms with Gasteiger partial charge in [-0.05, 0) is 37.4 Å². The van der Waals surface area contributed by atoms with E-state index in [2.05, 4.69) is 18.7 Å². The van der Waals surface area contributed by atoms with Crippen LogP contribution >= 0.6 is 45.9 Å². The first kappa shape index (κ1) is 22.3. The van der Waals surface area contributed by atoms with Crippen molar-refractivity contribution in [2.75, 3.05) is 38.2 Å². The normalized spacial score (nSPS) is 11.4. The number of likely N-dealkylation sites (N-methyl/N-ethyl adjacent to an activating group) is 1. The van der Waals surface area contributed by atoms with E-state index in [-0.39, 0.29) is 12.3 Å². The monoisotopic (exact) mass is 471 g/mol. The maximum atomic E-state index is 13.2. The van der Waals surface area contributed by atoms with Crippen LogP contribution in [0.4, 0.5) is 5.13 Å². The average Bonchev–Trinajstić information content (AvgIpc) is 3.32. The molecule has 0 aliphatic carbocycles. The quantitative estimate of drug-likeness (QED) is 0.407. The first-order valence-electron chi connectivity index (χ1n) is 9.36. The predicted octanol–water partition coefficient (Wildman–Crippen LogP) is 5.59. The van der Waals surface area contributed by atoms with Crippen molar-refractivity contribution in [2.24, 2.45) is 0 Å². The number of benzene rings is 1. The fourth-order valence-electron chi connectivity index (χ4n) is 3.02. The fourth-order valence-corrected chi connectivity index (χ4v) is 5.40. The molecule has 3 rings (SSSR count). The van der Waals surface area contributed by atoms with Crippen molar-refractivity contribution in [3.63, 3.8) is 0 Å². The molecule has 0 saturated carbocycles. The van der Waals surface area contributed by atoms with Crippen LogP contribution in [0.1, 0.15) is 18.7 Å². The molecule has 0 aliphatic rings. The number of thiophene rings is 1. The lowest BCUT2D eigenvalue weighted by atomic mass is 10.3. The van der Waals surface area contributed by atoms with Crippen LogP contribution in [0, 0.1) is 0 Å². The van der Waals surface area contributed by atoms with Crippen LogP contribution in [0.25, 0.3) is 10.2 Å². The van der Waals surface area contributed by atoms with Gasteiger partial charge >= 0.3 is 0 Å². The maximum Gasteiger partial charge on any atom is 0.234 e. The van der Waals surface area contributed by atoms with Crippen LogP contribution in [0.5, 0.6) is 5.75 Å². The van der Waals surface area contributed by atoms with E-state index < -0.39 is 0 Å². The molecule has 5 nitrogen and oxygen atoms in total. The Morgan fingerprint density at radius 1 is 1.10 bits per heavy atom. The van der Waals surface area contributed by atoms with Gasteiger partial charge in [0, 0.05) is 18.0 Å². The highest BCUT2D eigenvalue weighted by Gasteiger charge is 2.23. The summed E-state index contributed by atoms with van der Waals surface area (Å²) in [5, 5.41) is 1.23. The molecule has 0 spiro atoms. The molecule has 0 unspecified atom stereocenters. The molecule has 2 heterocycles. The lowest BCUT2D eigenvalue weighted by molar-refractivity contribution is -0.118. The number of halogens is 2. The van der Waals surface area contributed by atoms with Crippen molar-refractivity contribution in [3.8, 4) is 5.75 Å². The average molecular weight is 472 g/mol. The number of amides is 1. The second kappa shape index (κ2) is 10.1. The topological polar surface area (TPSA) is 45.7 Å². The molecule has 0 aliphatic heterocycles. The van der Waals surface area contributed by atoms with E-state index in [1.807, 2.05) is 12.1 Å². The summed E-state index contributed by atoms with van der Waals surface area (Å²) in [7, 11) is 1.60. The van der Waals surface area contributed by atoms with Crippen molar-refractivity contribution < 1.29 is 9.53 Å². The zero-order chi connectivity index (χ0) is 21.0. The third kappa shape index (κ3) is 5.22. The van der Waals surface area contributed by atoms with Gasteiger partial charge in [0.15, 0.2) is 5.13 Å². The highest BCUT2D eigenvalue weighted by molar-refractivity contribution is 7.23. The van der Waals surface area contributed by atoms with Crippen LogP contribution in [0.3, 0.4) is 0 Å². The van der Waals surface area contributed by atoms with E-state index in [1.54, 1.807) is 24.1 Å². The Morgan fingerprint density at radius 3 is 2.48 bits per heavy atom. The largest absolute Gasteiger partial charge is 0.494 e. The number of anilines is 1. The molecule has 0 atom stereocenters. The van der Waals surface area contributed by atoms with E-state index in [0.717, 1.165) is 29.2 Å². The van der Waals surface area contributed by atoms with Crippen LogP contribution in [0.15, 0.2) is 24.3 Å². The molecule has 1 aromatic carbocycles. The number of ether oxygens (including phenoxy) is 1. The number of rotatable bonds is 9. The highest BCUT2D eigenvalue weighted by Crippen LogP contribution is 2.39. The molecule has 0 fully saturated rings. The van der Waals surface area contributed by atoms with Crippen LogP contribution < -0.4 is 9.64 Å². The first-order chi connectivity index (χ1) is 14.0. The minimum absolute atomic E-state index is 0.00943. The Labute approximate surface area is 188 Å². The molecule has 2 aromatic heterocycles. The van der Waals surface area contributed by atoms with Gasteiger partial charge in [0.25, 0.3) is 0 Å². The molecule has 0 N–H and O–H groups in total. The number of aromatic nitrogens is 1. The summed E-state index contributed by atoms with van der Waals surface area (Å²) in [6, 6.07) is 7.30.